The predicted molar refractivity (Wildman–Crippen MR) is 159 cm³/mol. The lowest BCUT2D eigenvalue weighted by Crippen LogP contribution is -2.40. The lowest BCUT2D eigenvalue weighted by Gasteiger charge is -2.26. The number of methoxy groups -OCH3 is 1. The molecule has 11 heteroatoms. The van der Waals surface area contributed by atoms with Gasteiger partial charge in [0, 0.05) is 17.2 Å². The minimum absolute atomic E-state index is 0.167. The van der Waals surface area contributed by atoms with Crippen molar-refractivity contribution in [3.63, 3.8) is 0 Å². The van der Waals surface area contributed by atoms with Gasteiger partial charge in [-0.05, 0) is 51.1 Å². The standard InChI is InChI=1S/C30H26Cl2N2O6S/c1-5-38-27-19(10-8-12-22(27)37-4)26-24(29(36)39-6-2)16(3)33-30-34(26)28(35)23(41-30)15-17-13-14-21(40-17)18-9-7-11-20(31)25(18)32/h7-15,26H,5-6H2,1-4H3/b23-15+/t26-/m1/s1. The molecule has 2 aromatic carbocycles. The molecule has 8 nitrogen and oxygen atoms in total. The van der Waals surface area contributed by atoms with Crippen molar-refractivity contribution in [2.75, 3.05) is 20.3 Å². The first-order valence-electron chi connectivity index (χ1n) is 12.8. The summed E-state index contributed by atoms with van der Waals surface area (Å²) in [6.07, 6.45) is 1.64. The molecule has 212 valence electrons. The fourth-order valence-corrected chi connectivity index (χ4v) is 6.11. The molecule has 0 aliphatic carbocycles. The first-order valence-corrected chi connectivity index (χ1v) is 14.4. The van der Waals surface area contributed by atoms with Gasteiger partial charge in [0.15, 0.2) is 16.3 Å². The molecular weight excluding hydrogens is 587 g/mol. The molecule has 1 aliphatic rings. The number of allylic oxidation sites excluding steroid dienone is 1. The smallest absolute Gasteiger partial charge is 0.338 e. The Labute approximate surface area is 249 Å². The number of halogens is 2. The SMILES string of the molecule is CCOC(=O)C1=C(C)N=c2s/c(=C/c3ccc(-c4cccc(Cl)c4Cl)o3)c(=O)n2[C@@H]1c1cccc(OC)c1OCC. The number of benzene rings is 2. The van der Waals surface area contributed by atoms with Crippen LogP contribution in [-0.2, 0) is 9.53 Å². The zero-order valence-corrected chi connectivity index (χ0v) is 25.0. The Kier molecular flexibility index (Phi) is 8.40. The van der Waals surface area contributed by atoms with Crippen molar-refractivity contribution >= 4 is 46.6 Å². The van der Waals surface area contributed by atoms with Crippen LogP contribution in [0.3, 0.4) is 0 Å². The van der Waals surface area contributed by atoms with Crippen molar-refractivity contribution in [1.82, 2.24) is 4.57 Å². The summed E-state index contributed by atoms with van der Waals surface area (Å²) in [7, 11) is 1.54. The van der Waals surface area contributed by atoms with Gasteiger partial charge in [-0.15, -0.1) is 0 Å². The molecular formula is C30H26Cl2N2O6S. The number of hydrogen-bond donors (Lipinski definition) is 0. The van der Waals surface area contributed by atoms with Gasteiger partial charge in [0.05, 0.1) is 46.2 Å². The molecule has 1 atom stereocenters. The number of hydrogen-bond acceptors (Lipinski definition) is 8. The minimum atomic E-state index is -0.860. The third kappa shape index (κ3) is 5.32. The number of rotatable bonds is 8. The third-order valence-corrected chi connectivity index (χ3v) is 8.25. The van der Waals surface area contributed by atoms with Gasteiger partial charge in [-0.2, -0.15) is 0 Å². The van der Waals surface area contributed by atoms with Gasteiger partial charge in [-0.3, -0.25) is 9.36 Å². The highest BCUT2D eigenvalue weighted by atomic mass is 35.5. The van der Waals surface area contributed by atoms with E-state index >= 15 is 0 Å². The second-order valence-electron chi connectivity index (χ2n) is 8.92. The van der Waals surface area contributed by atoms with Crippen LogP contribution in [0.15, 0.2) is 74.0 Å². The van der Waals surface area contributed by atoms with Crippen molar-refractivity contribution < 1.29 is 23.4 Å². The highest BCUT2D eigenvalue weighted by molar-refractivity contribution is 7.07. The van der Waals surface area contributed by atoms with Crippen molar-refractivity contribution in [3.8, 4) is 22.8 Å². The van der Waals surface area contributed by atoms with Gasteiger partial charge in [0.25, 0.3) is 5.56 Å². The summed E-state index contributed by atoms with van der Waals surface area (Å²) >= 11 is 13.7. The Morgan fingerprint density at radius 1 is 1.12 bits per heavy atom. The van der Waals surface area contributed by atoms with Gasteiger partial charge < -0.3 is 18.6 Å². The zero-order chi connectivity index (χ0) is 29.3. The summed E-state index contributed by atoms with van der Waals surface area (Å²) in [5, 5.41) is 0.784. The van der Waals surface area contributed by atoms with E-state index in [4.69, 9.17) is 41.8 Å². The molecule has 0 unspecified atom stereocenters. The number of carbonyl (C=O) groups excluding carboxylic acids is 1. The van der Waals surface area contributed by atoms with Crippen molar-refractivity contribution in [1.29, 1.82) is 0 Å². The lowest BCUT2D eigenvalue weighted by molar-refractivity contribution is -0.139. The van der Waals surface area contributed by atoms with Crippen LogP contribution in [-0.4, -0.2) is 30.9 Å². The van der Waals surface area contributed by atoms with Gasteiger partial charge in [-0.25, -0.2) is 9.79 Å². The van der Waals surface area contributed by atoms with Gasteiger partial charge >= 0.3 is 5.97 Å². The van der Waals surface area contributed by atoms with Crippen LogP contribution < -0.4 is 24.4 Å². The Balaban J connectivity index is 1.70. The van der Waals surface area contributed by atoms with E-state index in [0.29, 0.717) is 65.8 Å². The Morgan fingerprint density at radius 2 is 1.90 bits per heavy atom. The van der Waals surface area contributed by atoms with Crippen LogP contribution in [0.5, 0.6) is 11.5 Å². The lowest BCUT2D eigenvalue weighted by atomic mass is 9.94. The predicted octanol–water partition coefficient (Wildman–Crippen LogP) is 5.77. The summed E-state index contributed by atoms with van der Waals surface area (Å²) in [6.45, 7) is 5.82. The number of carbonyl (C=O) groups is 1. The van der Waals surface area contributed by atoms with E-state index in [1.807, 2.05) is 6.92 Å². The minimum Gasteiger partial charge on any atom is -0.493 e. The highest BCUT2D eigenvalue weighted by Crippen LogP contribution is 2.41. The van der Waals surface area contributed by atoms with E-state index in [2.05, 4.69) is 4.99 Å². The molecule has 41 heavy (non-hydrogen) atoms. The van der Waals surface area contributed by atoms with Gasteiger partial charge in [0.1, 0.15) is 17.6 Å². The van der Waals surface area contributed by atoms with E-state index in [-0.39, 0.29) is 17.7 Å². The van der Waals surface area contributed by atoms with Crippen LogP contribution in [0.25, 0.3) is 17.4 Å². The third-order valence-electron chi connectivity index (χ3n) is 6.45. The first kappa shape index (κ1) is 28.7. The van der Waals surface area contributed by atoms with Gasteiger partial charge in [0.2, 0.25) is 0 Å². The second kappa shape index (κ2) is 12.0. The van der Waals surface area contributed by atoms with Crippen molar-refractivity contribution in [2.45, 2.75) is 26.8 Å². The average molecular weight is 614 g/mol. The number of aromatic nitrogens is 1. The highest BCUT2D eigenvalue weighted by Gasteiger charge is 2.36. The molecule has 3 heterocycles. The average Bonchev–Trinajstić information content (AvgIpc) is 3.54. The molecule has 0 bridgehead atoms. The topological polar surface area (TPSA) is 92.3 Å². The molecule has 0 saturated heterocycles. The van der Waals surface area contributed by atoms with E-state index in [1.165, 1.54) is 23.0 Å². The van der Waals surface area contributed by atoms with E-state index in [1.54, 1.807) is 68.5 Å². The summed E-state index contributed by atoms with van der Waals surface area (Å²) < 4.78 is 24.8. The molecule has 0 amide bonds. The first-order chi connectivity index (χ1) is 19.8. The number of thiazole rings is 1. The summed E-state index contributed by atoms with van der Waals surface area (Å²) in [4.78, 5) is 32.3. The largest absolute Gasteiger partial charge is 0.493 e. The van der Waals surface area contributed by atoms with E-state index in [0.717, 1.165) is 0 Å². The fraction of sp³-hybridized carbons (Fsp3) is 0.233. The number of esters is 1. The number of nitrogens with zero attached hydrogens (tertiary/aromatic N) is 2. The summed E-state index contributed by atoms with van der Waals surface area (Å²) in [5.74, 6) is 1.30. The molecule has 0 saturated carbocycles. The van der Waals surface area contributed by atoms with Crippen LogP contribution in [0.4, 0.5) is 0 Å². The van der Waals surface area contributed by atoms with E-state index < -0.39 is 12.0 Å². The molecule has 0 N–H and O–H groups in total. The van der Waals surface area contributed by atoms with Crippen molar-refractivity contribution in [2.24, 2.45) is 4.99 Å². The molecule has 4 aromatic rings. The maximum atomic E-state index is 14.0. The van der Waals surface area contributed by atoms with E-state index in [9.17, 15) is 9.59 Å². The number of para-hydroxylation sites is 1. The second-order valence-corrected chi connectivity index (χ2v) is 10.7. The fourth-order valence-electron chi connectivity index (χ4n) is 4.69. The molecule has 0 fully saturated rings. The number of furan rings is 1. The Hall–Kier alpha value is -3.79. The number of ether oxygens (including phenoxy) is 3. The molecule has 0 spiro atoms. The van der Waals surface area contributed by atoms with Crippen molar-refractivity contribution in [3.05, 3.63) is 101 Å². The van der Waals surface area contributed by atoms with Crippen LogP contribution in [0.1, 0.15) is 38.1 Å². The Bertz CT molecular complexity index is 1850. The molecule has 1 aliphatic heterocycles. The normalized spacial score (nSPS) is 15.0. The Morgan fingerprint density at radius 3 is 2.63 bits per heavy atom. The quantitative estimate of drug-likeness (QED) is 0.234. The number of fused-ring (bicyclic) bond motifs is 1. The zero-order valence-electron chi connectivity index (χ0n) is 22.7. The maximum Gasteiger partial charge on any atom is 0.338 e. The van der Waals surface area contributed by atoms with Crippen LogP contribution in [0, 0.1) is 0 Å². The van der Waals surface area contributed by atoms with Gasteiger partial charge in [-0.1, -0.05) is 52.7 Å². The van der Waals surface area contributed by atoms with Crippen LogP contribution in [0.2, 0.25) is 10.0 Å². The molecule has 2 aromatic heterocycles. The molecule has 0 radical (unpaired) electrons. The summed E-state index contributed by atoms with van der Waals surface area (Å²) in [6, 6.07) is 13.3. The monoisotopic (exact) mass is 612 g/mol. The summed E-state index contributed by atoms with van der Waals surface area (Å²) in [5.41, 5.74) is 1.55. The maximum absolute atomic E-state index is 14.0. The van der Waals surface area contributed by atoms with Crippen LogP contribution >= 0.6 is 34.5 Å². The molecule has 5 rings (SSSR count).